The van der Waals surface area contributed by atoms with Gasteiger partial charge in [-0.15, -0.1) is 11.3 Å². The van der Waals surface area contributed by atoms with Gasteiger partial charge in [0, 0.05) is 38.0 Å². The van der Waals surface area contributed by atoms with Crippen molar-refractivity contribution in [2.45, 2.75) is 0 Å². The van der Waals surface area contributed by atoms with E-state index >= 15 is 0 Å². The average Bonchev–Trinajstić information content (AvgIpc) is 3.28. The lowest BCUT2D eigenvalue weighted by Gasteiger charge is -1.97. The minimum absolute atomic E-state index is 1.05. The standard InChI is InChI=1S/C18H9N3S2/c1-3-7-11-9(5-1)13-15-16(21-23-20-15)14-10-6-2-4-8-12(10)22-18(14)17(13)19-11/h1-8,20H. The second kappa shape index (κ2) is 4.07. The van der Waals surface area contributed by atoms with Gasteiger partial charge >= 0.3 is 0 Å². The highest BCUT2D eigenvalue weighted by molar-refractivity contribution is 7.27. The van der Waals surface area contributed by atoms with Gasteiger partial charge in [0.05, 0.1) is 21.3 Å². The zero-order chi connectivity index (χ0) is 15.0. The summed E-state index contributed by atoms with van der Waals surface area (Å²) in [4.78, 5) is 4.94. The van der Waals surface area contributed by atoms with Crippen LogP contribution in [0.25, 0.3) is 53.0 Å². The third kappa shape index (κ3) is 1.39. The van der Waals surface area contributed by atoms with Crippen LogP contribution >= 0.6 is 23.1 Å². The maximum absolute atomic E-state index is 4.94. The highest BCUT2D eigenvalue weighted by Gasteiger charge is 2.19. The fourth-order valence-corrected chi connectivity index (χ4v) is 5.31. The number of benzene rings is 3. The van der Waals surface area contributed by atoms with Gasteiger partial charge in [-0.1, -0.05) is 36.4 Å². The van der Waals surface area contributed by atoms with Crippen LogP contribution in [0.3, 0.4) is 0 Å². The van der Waals surface area contributed by atoms with E-state index in [1.807, 2.05) is 17.4 Å². The fourth-order valence-electron chi connectivity index (χ4n) is 3.50. The molecule has 3 nitrogen and oxygen atoms in total. The normalized spacial score (nSPS) is 12.3. The number of nitrogens with zero attached hydrogens (tertiary/aromatic N) is 2. The molecule has 23 heavy (non-hydrogen) atoms. The Balaban J connectivity index is 2.07. The number of H-pyrrole nitrogens is 1. The van der Waals surface area contributed by atoms with Crippen molar-refractivity contribution < 1.29 is 0 Å². The van der Waals surface area contributed by atoms with Crippen molar-refractivity contribution in [2.24, 2.45) is 0 Å². The van der Waals surface area contributed by atoms with E-state index in [9.17, 15) is 0 Å². The van der Waals surface area contributed by atoms with Gasteiger partial charge in [-0.2, -0.15) is 4.37 Å². The van der Waals surface area contributed by atoms with Crippen LogP contribution in [0.4, 0.5) is 0 Å². The van der Waals surface area contributed by atoms with E-state index in [1.165, 1.54) is 42.7 Å². The molecule has 0 saturated carbocycles. The molecule has 6 rings (SSSR count). The van der Waals surface area contributed by atoms with E-state index in [1.54, 1.807) is 0 Å². The van der Waals surface area contributed by atoms with Gasteiger partial charge in [0.1, 0.15) is 5.52 Å². The molecule has 6 aromatic rings. The Morgan fingerprint density at radius 1 is 0.826 bits per heavy atom. The summed E-state index contributed by atoms with van der Waals surface area (Å²) in [7, 11) is 0. The number of hydrogen-bond donors (Lipinski definition) is 1. The van der Waals surface area contributed by atoms with Gasteiger partial charge in [-0.25, -0.2) is 4.98 Å². The first kappa shape index (κ1) is 12.0. The maximum atomic E-state index is 4.94. The van der Waals surface area contributed by atoms with Crippen LogP contribution in [0.5, 0.6) is 0 Å². The summed E-state index contributed by atoms with van der Waals surface area (Å²) in [5.41, 5.74) is 4.31. The van der Waals surface area contributed by atoms with Gasteiger partial charge < -0.3 is 0 Å². The number of rotatable bonds is 0. The van der Waals surface area contributed by atoms with E-state index in [0.29, 0.717) is 0 Å². The van der Waals surface area contributed by atoms with E-state index in [-0.39, 0.29) is 0 Å². The number of fused-ring (bicyclic) bond motifs is 10. The Morgan fingerprint density at radius 3 is 2.61 bits per heavy atom. The Morgan fingerprint density at radius 2 is 1.65 bits per heavy atom. The molecule has 0 aliphatic heterocycles. The lowest BCUT2D eigenvalue weighted by molar-refractivity contribution is 1.57. The molecule has 0 unspecified atom stereocenters. The van der Waals surface area contributed by atoms with Crippen molar-refractivity contribution in [1.29, 1.82) is 0 Å². The van der Waals surface area contributed by atoms with E-state index < -0.39 is 0 Å². The molecular formula is C18H9N3S2. The third-order valence-corrected chi connectivity index (χ3v) is 6.21. The van der Waals surface area contributed by atoms with Crippen LogP contribution in [-0.2, 0) is 0 Å². The first-order chi connectivity index (χ1) is 11.4. The minimum Gasteiger partial charge on any atom is -0.293 e. The van der Waals surface area contributed by atoms with Crippen LogP contribution in [0, 0.1) is 0 Å². The minimum atomic E-state index is 1.05. The van der Waals surface area contributed by atoms with Gasteiger partial charge in [-0.3, -0.25) is 4.37 Å². The van der Waals surface area contributed by atoms with Crippen molar-refractivity contribution in [3.05, 3.63) is 48.5 Å². The second-order valence-electron chi connectivity index (χ2n) is 5.66. The lowest BCUT2D eigenvalue weighted by atomic mass is 10.1. The molecular weight excluding hydrogens is 322 g/mol. The lowest BCUT2D eigenvalue weighted by Crippen LogP contribution is -1.76. The van der Waals surface area contributed by atoms with Crippen LogP contribution in [0.1, 0.15) is 0 Å². The van der Waals surface area contributed by atoms with Crippen molar-refractivity contribution >= 4 is 76.1 Å². The Bertz CT molecular complexity index is 1270. The molecule has 0 aliphatic rings. The van der Waals surface area contributed by atoms with E-state index in [2.05, 4.69) is 51.2 Å². The van der Waals surface area contributed by atoms with Crippen molar-refractivity contribution in [1.82, 2.24) is 13.7 Å². The zero-order valence-electron chi connectivity index (χ0n) is 11.8. The van der Waals surface area contributed by atoms with Crippen LogP contribution in [0.15, 0.2) is 48.5 Å². The van der Waals surface area contributed by atoms with E-state index in [4.69, 9.17) is 4.98 Å². The number of nitrogens with one attached hydrogen (secondary N) is 1. The number of hydrogen-bond acceptors (Lipinski definition) is 4. The number of aromatic amines is 1. The first-order valence-corrected chi connectivity index (χ1v) is 8.96. The molecule has 5 heteroatoms. The summed E-state index contributed by atoms with van der Waals surface area (Å²) in [6.07, 6.45) is 0. The summed E-state index contributed by atoms with van der Waals surface area (Å²) in [6.45, 7) is 0. The third-order valence-electron chi connectivity index (χ3n) is 4.46. The van der Waals surface area contributed by atoms with E-state index in [0.717, 1.165) is 22.1 Å². The predicted octanol–water partition coefficient (Wildman–Crippen LogP) is 5.69. The summed E-state index contributed by atoms with van der Waals surface area (Å²) in [6, 6.07) is 16.9. The molecule has 3 aromatic heterocycles. The van der Waals surface area contributed by atoms with Crippen LogP contribution < -0.4 is 0 Å². The zero-order valence-corrected chi connectivity index (χ0v) is 13.5. The first-order valence-electron chi connectivity index (χ1n) is 7.37. The number of aromatic nitrogens is 3. The highest BCUT2D eigenvalue weighted by Crippen LogP contribution is 2.44. The quantitative estimate of drug-likeness (QED) is 0.388. The summed E-state index contributed by atoms with van der Waals surface area (Å²) in [5.74, 6) is 0. The molecule has 0 spiro atoms. The Kier molecular flexibility index (Phi) is 2.12. The molecule has 3 heterocycles. The maximum Gasteiger partial charge on any atom is 0.112 e. The topological polar surface area (TPSA) is 41.6 Å². The van der Waals surface area contributed by atoms with Crippen molar-refractivity contribution in [3.8, 4) is 0 Å². The predicted molar refractivity (Wildman–Crippen MR) is 99.7 cm³/mol. The summed E-state index contributed by atoms with van der Waals surface area (Å²) in [5, 5.41) is 4.89. The molecule has 0 fully saturated rings. The molecule has 108 valence electrons. The van der Waals surface area contributed by atoms with Crippen molar-refractivity contribution in [3.63, 3.8) is 0 Å². The average molecular weight is 331 g/mol. The van der Waals surface area contributed by atoms with Crippen LogP contribution in [-0.4, -0.2) is 13.7 Å². The molecule has 0 amide bonds. The second-order valence-corrected chi connectivity index (χ2v) is 7.28. The highest BCUT2D eigenvalue weighted by atomic mass is 32.1. The fraction of sp³-hybridized carbons (Fsp3) is 0. The number of thiophene rings is 1. The Labute approximate surface area is 138 Å². The molecule has 0 saturated heterocycles. The smallest absolute Gasteiger partial charge is 0.112 e. The van der Waals surface area contributed by atoms with Gasteiger partial charge in [0.25, 0.3) is 0 Å². The van der Waals surface area contributed by atoms with Crippen LogP contribution in [0.2, 0.25) is 0 Å². The van der Waals surface area contributed by atoms with Gasteiger partial charge in [-0.05, 0) is 12.1 Å². The number of para-hydroxylation sites is 1. The Hall–Kier alpha value is -2.50. The molecule has 0 bridgehead atoms. The molecule has 0 aliphatic carbocycles. The molecule has 3 aromatic carbocycles. The van der Waals surface area contributed by atoms with Gasteiger partial charge in [0.15, 0.2) is 0 Å². The molecule has 0 atom stereocenters. The summed E-state index contributed by atoms with van der Waals surface area (Å²) >= 11 is 3.22. The monoisotopic (exact) mass is 331 g/mol. The summed E-state index contributed by atoms with van der Waals surface area (Å²) < 4.78 is 10.6. The van der Waals surface area contributed by atoms with Gasteiger partial charge in [0.2, 0.25) is 0 Å². The largest absolute Gasteiger partial charge is 0.293 e. The molecule has 0 radical (unpaired) electrons. The SMILES string of the molecule is c1ccc2c(c1)nc1c3sc4ccccc4c3c3ns[nH]c3c21. The molecule has 1 N–H and O–H groups in total. The van der Waals surface area contributed by atoms with Crippen molar-refractivity contribution in [2.75, 3.05) is 0 Å².